The van der Waals surface area contributed by atoms with Crippen molar-refractivity contribution in [1.29, 1.82) is 0 Å². The molecular weight excluding hydrogens is 357 g/mol. The van der Waals surface area contributed by atoms with Crippen LogP contribution in [-0.4, -0.2) is 19.1 Å². The molecule has 2 rings (SSSR count). The van der Waals surface area contributed by atoms with Crippen molar-refractivity contribution >= 4 is 46.8 Å². The van der Waals surface area contributed by atoms with Crippen LogP contribution in [0.15, 0.2) is 48.5 Å². The lowest BCUT2D eigenvalue weighted by Gasteiger charge is -2.06. The summed E-state index contributed by atoms with van der Waals surface area (Å²) in [5.41, 5.74) is 0.726. The minimum atomic E-state index is -0.226. The first-order valence-electron chi connectivity index (χ1n) is 6.84. The zero-order chi connectivity index (χ0) is 16.7. The van der Waals surface area contributed by atoms with Gasteiger partial charge in [-0.05, 0) is 48.0 Å². The van der Waals surface area contributed by atoms with Gasteiger partial charge in [0.15, 0.2) is 0 Å². The lowest BCUT2D eigenvalue weighted by molar-refractivity contribution is -0.116. The summed E-state index contributed by atoms with van der Waals surface area (Å²) in [4.78, 5) is 11.7. The highest BCUT2D eigenvalue weighted by Gasteiger charge is 2.00. The molecule has 0 unspecified atom stereocenters. The predicted octanol–water partition coefficient (Wildman–Crippen LogP) is 4.86. The molecule has 1 N–H and O–H groups in total. The highest BCUT2D eigenvalue weighted by Crippen LogP contribution is 2.21. The Hall–Kier alpha value is -1.68. The van der Waals surface area contributed by atoms with Gasteiger partial charge in [0.1, 0.15) is 12.4 Å². The minimum absolute atomic E-state index is 0.226. The maximum Gasteiger partial charge on any atom is 0.244 e. The number of benzene rings is 2. The third-order valence-electron chi connectivity index (χ3n) is 2.86. The van der Waals surface area contributed by atoms with Crippen LogP contribution in [-0.2, 0) is 4.79 Å². The molecule has 2 aromatic rings. The van der Waals surface area contributed by atoms with Crippen molar-refractivity contribution in [1.82, 2.24) is 5.32 Å². The second-order valence-corrected chi connectivity index (χ2v) is 5.87. The SMILES string of the molecule is O=C(/C=C/c1ccc(Cl)cc1Cl)NCCOc1ccc(Cl)cc1. The van der Waals surface area contributed by atoms with E-state index in [9.17, 15) is 4.79 Å². The van der Waals surface area contributed by atoms with Gasteiger partial charge in [-0.15, -0.1) is 0 Å². The number of hydrogen-bond donors (Lipinski definition) is 1. The summed E-state index contributed by atoms with van der Waals surface area (Å²) in [6.45, 7) is 0.753. The van der Waals surface area contributed by atoms with Gasteiger partial charge >= 0.3 is 0 Å². The molecule has 120 valence electrons. The third kappa shape index (κ3) is 6.14. The van der Waals surface area contributed by atoms with Gasteiger partial charge < -0.3 is 10.1 Å². The molecule has 0 aliphatic rings. The summed E-state index contributed by atoms with van der Waals surface area (Å²) in [6.07, 6.45) is 3.05. The van der Waals surface area contributed by atoms with Crippen LogP contribution in [0.25, 0.3) is 6.08 Å². The Morgan fingerprint density at radius 1 is 1.04 bits per heavy atom. The summed E-state index contributed by atoms with van der Waals surface area (Å²) in [6, 6.07) is 12.1. The summed E-state index contributed by atoms with van der Waals surface area (Å²) in [5.74, 6) is 0.475. The molecule has 0 fully saturated rings. The number of nitrogens with one attached hydrogen (secondary N) is 1. The molecule has 0 aliphatic carbocycles. The number of halogens is 3. The van der Waals surface area contributed by atoms with Gasteiger partial charge in [-0.1, -0.05) is 40.9 Å². The molecule has 6 heteroatoms. The lowest BCUT2D eigenvalue weighted by atomic mass is 10.2. The Kier molecular flexibility index (Phi) is 6.78. The topological polar surface area (TPSA) is 38.3 Å². The first-order valence-corrected chi connectivity index (χ1v) is 7.97. The molecule has 1 amide bonds. The summed E-state index contributed by atoms with van der Waals surface area (Å²) in [7, 11) is 0. The smallest absolute Gasteiger partial charge is 0.244 e. The predicted molar refractivity (Wildman–Crippen MR) is 95.5 cm³/mol. The van der Waals surface area contributed by atoms with Crippen molar-refractivity contribution in [3.8, 4) is 5.75 Å². The molecular formula is C17H14Cl3NO2. The monoisotopic (exact) mass is 369 g/mol. The molecule has 0 heterocycles. The second-order valence-electron chi connectivity index (χ2n) is 4.59. The average Bonchev–Trinajstić information content (AvgIpc) is 2.52. The van der Waals surface area contributed by atoms with E-state index in [1.807, 2.05) is 0 Å². The van der Waals surface area contributed by atoms with E-state index in [1.165, 1.54) is 6.08 Å². The molecule has 0 aliphatic heterocycles. The molecule has 0 atom stereocenters. The Balaban J connectivity index is 1.74. The van der Waals surface area contributed by atoms with E-state index in [-0.39, 0.29) is 5.91 Å². The van der Waals surface area contributed by atoms with Crippen LogP contribution < -0.4 is 10.1 Å². The second kappa shape index (κ2) is 8.82. The molecule has 2 aromatic carbocycles. The molecule has 0 radical (unpaired) electrons. The van der Waals surface area contributed by atoms with E-state index in [4.69, 9.17) is 39.5 Å². The zero-order valence-electron chi connectivity index (χ0n) is 12.1. The van der Waals surface area contributed by atoms with Crippen LogP contribution in [0.1, 0.15) is 5.56 Å². The zero-order valence-corrected chi connectivity index (χ0v) is 14.3. The number of hydrogen-bond acceptors (Lipinski definition) is 2. The standard InChI is InChI=1S/C17H14Cl3NO2/c18-13-4-6-15(7-5-13)23-10-9-21-17(22)8-2-12-1-3-14(19)11-16(12)20/h1-8,11H,9-10H2,(H,21,22)/b8-2+. The normalized spacial score (nSPS) is 10.7. The van der Waals surface area contributed by atoms with Crippen LogP contribution in [0.3, 0.4) is 0 Å². The fourth-order valence-corrected chi connectivity index (χ4v) is 2.33. The molecule has 0 aromatic heterocycles. The van der Waals surface area contributed by atoms with Crippen molar-refractivity contribution < 1.29 is 9.53 Å². The van der Waals surface area contributed by atoms with Crippen molar-refractivity contribution in [3.63, 3.8) is 0 Å². The molecule has 0 saturated heterocycles. The fraction of sp³-hybridized carbons (Fsp3) is 0.118. The van der Waals surface area contributed by atoms with Gasteiger partial charge in [0, 0.05) is 21.1 Å². The summed E-state index contributed by atoms with van der Waals surface area (Å²) >= 11 is 17.6. The van der Waals surface area contributed by atoms with Crippen molar-refractivity contribution in [2.75, 3.05) is 13.2 Å². The Bertz CT molecular complexity index is 699. The highest BCUT2D eigenvalue weighted by atomic mass is 35.5. The first-order chi connectivity index (χ1) is 11.0. The largest absolute Gasteiger partial charge is 0.492 e. The lowest BCUT2D eigenvalue weighted by Crippen LogP contribution is -2.26. The van der Waals surface area contributed by atoms with E-state index in [0.717, 1.165) is 5.56 Å². The van der Waals surface area contributed by atoms with Crippen molar-refractivity contribution in [2.24, 2.45) is 0 Å². The molecule has 0 bridgehead atoms. The first kappa shape index (κ1) is 17.7. The van der Waals surface area contributed by atoms with Crippen LogP contribution >= 0.6 is 34.8 Å². The Labute approximate surface area is 149 Å². The van der Waals surface area contributed by atoms with E-state index >= 15 is 0 Å². The van der Waals surface area contributed by atoms with Gasteiger partial charge in [0.05, 0.1) is 6.54 Å². The van der Waals surface area contributed by atoms with Crippen LogP contribution in [0.4, 0.5) is 0 Å². The third-order valence-corrected chi connectivity index (χ3v) is 3.67. The van der Waals surface area contributed by atoms with Crippen molar-refractivity contribution in [3.05, 3.63) is 69.2 Å². The van der Waals surface area contributed by atoms with Crippen LogP contribution in [0.2, 0.25) is 15.1 Å². The van der Waals surface area contributed by atoms with Gasteiger partial charge in [0.25, 0.3) is 0 Å². The van der Waals surface area contributed by atoms with Crippen molar-refractivity contribution in [2.45, 2.75) is 0 Å². The van der Waals surface area contributed by atoms with E-state index < -0.39 is 0 Å². The molecule has 3 nitrogen and oxygen atoms in total. The molecule has 0 spiro atoms. The van der Waals surface area contributed by atoms with E-state index in [1.54, 1.807) is 48.5 Å². The maximum atomic E-state index is 11.7. The van der Waals surface area contributed by atoms with Gasteiger partial charge in [-0.25, -0.2) is 0 Å². The number of carbonyl (C=O) groups excluding carboxylic acids is 1. The number of amides is 1. The van der Waals surface area contributed by atoms with E-state index in [2.05, 4.69) is 5.32 Å². The summed E-state index contributed by atoms with van der Waals surface area (Å²) in [5, 5.41) is 4.41. The Morgan fingerprint density at radius 3 is 2.43 bits per heavy atom. The van der Waals surface area contributed by atoms with E-state index in [0.29, 0.717) is 34.0 Å². The maximum absolute atomic E-state index is 11.7. The Morgan fingerprint density at radius 2 is 1.74 bits per heavy atom. The highest BCUT2D eigenvalue weighted by molar-refractivity contribution is 6.35. The van der Waals surface area contributed by atoms with Gasteiger partial charge in [0.2, 0.25) is 5.91 Å². The van der Waals surface area contributed by atoms with Gasteiger partial charge in [-0.3, -0.25) is 4.79 Å². The van der Waals surface area contributed by atoms with Crippen LogP contribution in [0.5, 0.6) is 5.75 Å². The fourth-order valence-electron chi connectivity index (χ4n) is 1.73. The molecule has 0 saturated carbocycles. The number of ether oxygens (including phenoxy) is 1. The van der Waals surface area contributed by atoms with Gasteiger partial charge in [-0.2, -0.15) is 0 Å². The quantitative estimate of drug-likeness (QED) is 0.583. The molecule has 23 heavy (non-hydrogen) atoms. The summed E-state index contributed by atoms with van der Waals surface area (Å²) < 4.78 is 5.47. The minimum Gasteiger partial charge on any atom is -0.492 e. The number of carbonyl (C=O) groups is 1. The average molecular weight is 371 g/mol. The number of rotatable bonds is 6. The van der Waals surface area contributed by atoms with Crippen LogP contribution in [0, 0.1) is 0 Å².